The van der Waals surface area contributed by atoms with Gasteiger partial charge in [-0.1, -0.05) is 0 Å². The summed E-state index contributed by atoms with van der Waals surface area (Å²) in [5.74, 6) is 0. The van der Waals surface area contributed by atoms with Crippen LogP contribution < -0.4 is 11.2 Å². The van der Waals surface area contributed by atoms with Gasteiger partial charge in [0.1, 0.15) is 0 Å². The highest BCUT2D eigenvalue weighted by molar-refractivity contribution is 7.14. The third-order valence-corrected chi connectivity index (χ3v) is 3.77. The molecule has 16 heavy (non-hydrogen) atoms. The molecule has 0 atom stereocenters. The molecule has 1 aliphatic carbocycles. The zero-order valence-electron chi connectivity index (χ0n) is 8.40. The Morgan fingerprint density at radius 1 is 1.38 bits per heavy atom. The second kappa shape index (κ2) is 3.41. The number of fused-ring (bicyclic) bond motifs is 1. The molecule has 0 radical (unpaired) electrons. The summed E-state index contributed by atoms with van der Waals surface area (Å²) in [7, 11) is 0. The molecule has 1 aliphatic rings. The molecule has 2 aromatic rings. The molecule has 82 valence electrons. The molecule has 3 rings (SSSR count). The number of aromatic nitrogens is 3. The van der Waals surface area contributed by atoms with Crippen LogP contribution in [-0.4, -0.2) is 14.5 Å². The van der Waals surface area contributed by atoms with Crippen LogP contribution in [0.15, 0.2) is 21.9 Å². The van der Waals surface area contributed by atoms with Gasteiger partial charge >= 0.3 is 5.69 Å². The van der Waals surface area contributed by atoms with Gasteiger partial charge in [0.15, 0.2) is 5.13 Å². The lowest BCUT2D eigenvalue weighted by Gasteiger charge is -1.98. The topological polar surface area (TPSA) is 67.8 Å². The van der Waals surface area contributed by atoms with E-state index in [9.17, 15) is 9.59 Å². The van der Waals surface area contributed by atoms with Gasteiger partial charge in [-0.25, -0.2) is 14.3 Å². The molecule has 0 bridgehead atoms. The molecule has 1 N–H and O–H groups in total. The molecule has 0 saturated heterocycles. The molecule has 0 amide bonds. The van der Waals surface area contributed by atoms with Gasteiger partial charge in [-0.15, -0.1) is 11.3 Å². The van der Waals surface area contributed by atoms with Gasteiger partial charge in [-0.3, -0.25) is 9.78 Å². The van der Waals surface area contributed by atoms with Crippen LogP contribution in [-0.2, 0) is 12.8 Å². The van der Waals surface area contributed by atoms with Crippen molar-refractivity contribution < 1.29 is 0 Å². The average Bonchev–Trinajstić information content (AvgIpc) is 2.76. The maximum atomic E-state index is 11.5. The molecule has 0 spiro atoms. The Balaban J connectivity index is 2.15. The molecule has 0 saturated carbocycles. The Morgan fingerprint density at radius 3 is 3.00 bits per heavy atom. The first-order valence-electron chi connectivity index (χ1n) is 5.05. The highest BCUT2D eigenvalue weighted by atomic mass is 32.1. The summed E-state index contributed by atoms with van der Waals surface area (Å²) >= 11 is 1.52. The molecule has 0 aliphatic heterocycles. The van der Waals surface area contributed by atoms with Crippen molar-refractivity contribution >= 4 is 11.3 Å². The summed E-state index contributed by atoms with van der Waals surface area (Å²) in [6, 6.07) is 1.33. The van der Waals surface area contributed by atoms with Gasteiger partial charge in [0.2, 0.25) is 0 Å². The maximum Gasteiger partial charge on any atom is 0.334 e. The summed E-state index contributed by atoms with van der Waals surface area (Å²) in [5.41, 5.74) is 0.281. The summed E-state index contributed by atoms with van der Waals surface area (Å²) in [5, 5.41) is 0.644. The van der Waals surface area contributed by atoms with E-state index in [1.807, 2.05) is 0 Å². The Morgan fingerprint density at radius 2 is 2.25 bits per heavy atom. The van der Waals surface area contributed by atoms with Gasteiger partial charge in [-0.05, 0) is 19.3 Å². The largest absolute Gasteiger partial charge is 0.334 e. The van der Waals surface area contributed by atoms with Crippen molar-refractivity contribution in [3.8, 4) is 5.13 Å². The predicted molar refractivity (Wildman–Crippen MR) is 60.4 cm³/mol. The quantitative estimate of drug-likeness (QED) is 0.781. The lowest BCUT2D eigenvalue weighted by Crippen LogP contribution is -2.27. The molecule has 0 aromatic carbocycles. The van der Waals surface area contributed by atoms with E-state index in [0.29, 0.717) is 5.13 Å². The van der Waals surface area contributed by atoms with E-state index >= 15 is 0 Å². The highest BCUT2D eigenvalue weighted by Crippen LogP contribution is 2.28. The molecular formula is C10H9N3O2S. The van der Waals surface area contributed by atoms with E-state index in [1.54, 1.807) is 0 Å². The van der Waals surface area contributed by atoms with Crippen LogP contribution in [0.2, 0.25) is 0 Å². The number of rotatable bonds is 1. The molecule has 6 heteroatoms. The number of nitrogens with zero attached hydrogens (tertiary/aromatic N) is 2. The van der Waals surface area contributed by atoms with Gasteiger partial charge in [0.25, 0.3) is 5.56 Å². The molecular weight excluding hydrogens is 226 g/mol. The number of nitrogens with one attached hydrogen (secondary N) is 1. The van der Waals surface area contributed by atoms with Crippen LogP contribution in [0.3, 0.4) is 0 Å². The summed E-state index contributed by atoms with van der Waals surface area (Å²) in [4.78, 5) is 30.4. The smallest absolute Gasteiger partial charge is 0.274 e. The van der Waals surface area contributed by atoms with Crippen LogP contribution in [0.5, 0.6) is 0 Å². The lowest BCUT2D eigenvalue weighted by atomic mass is 10.4. The van der Waals surface area contributed by atoms with Gasteiger partial charge in [0.05, 0.1) is 5.69 Å². The second-order valence-electron chi connectivity index (χ2n) is 3.70. The second-order valence-corrected chi connectivity index (χ2v) is 4.76. The SMILES string of the molecule is O=c1ccn(-c2nc3c(s2)CCC3)c(=O)[nH]1. The van der Waals surface area contributed by atoms with E-state index in [0.717, 1.165) is 25.0 Å². The van der Waals surface area contributed by atoms with Gasteiger partial charge in [-0.2, -0.15) is 0 Å². The first kappa shape index (κ1) is 9.53. The van der Waals surface area contributed by atoms with Gasteiger partial charge < -0.3 is 0 Å². The molecule has 5 nitrogen and oxygen atoms in total. The van der Waals surface area contributed by atoms with E-state index < -0.39 is 5.69 Å². The fourth-order valence-electron chi connectivity index (χ4n) is 1.85. The minimum Gasteiger partial charge on any atom is -0.274 e. The predicted octanol–water partition coefficient (Wildman–Crippen LogP) is 0.471. The Bertz CT molecular complexity index is 631. The molecule has 2 aromatic heterocycles. The number of H-pyrrole nitrogens is 1. The molecule has 2 heterocycles. The highest BCUT2D eigenvalue weighted by Gasteiger charge is 2.17. The van der Waals surface area contributed by atoms with Crippen LogP contribution in [0, 0.1) is 0 Å². The summed E-state index contributed by atoms with van der Waals surface area (Å²) in [6.45, 7) is 0. The van der Waals surface area contributed by atoms with Crippen molar-refractivity contribution in [2.45, 2.75) is 19.3 Å². The van der Waals surface area contributed by atoms with E-state index in [1.165, 1.54) is 33.0 Å². The monoisotopic (exact) mass is 235 g/mol. The zero-order chi connectivity index (χ0) is 11.1. The van der Waals surface area contributed by atoms with Crippen molar-refractivity contribution in [1.29, 1.82) is 0 Å². The Kier molecular flexibility index (Phi) is 2.03. The summed E-state index contributed by atoms with van der Waals surface area (Å²) in [6.07, 6.45) is 4.65. The fourth-order valence-corrected chi connectivity index (χ4v) is 2.98. The van der Waals surface area contributed by atoms with E-state index in [-0.39, 0.29) is 5.56 Å². The van der Waals surface area contributed by atoms with Crippen molar-refractivity contribution in [2.24, 2.45) is 0 Å². The van der Waals surface area contributed by atoms with E-state index in [2.05, 4.69) is 9.97 Å². The first-order valence-corrected chi connectivity index (χ1v) is 5.86. The Labute approximate surface area is 94.4 Å². The van der Waals surface area contributed by atoms with E-state index in [4.69, 9.17) is 0 Å². The third kappa shape index (κ3) is 1.42. The van der Waals surface area contributed by atoms with Crippen molar-refractivity contribution in [2.75, 3.05) is 0 Å². The minimum absolute atomic E-state index is 0.384. The summed E-state index contributed by atoms with van der Waals surface area (Å²) < 4.78 is 1.38. The minimum atomic E-state index is -0.431. The molecule has 0 unspecified atom stereocenters. The van der Waals surface area contributed by atoms with Crippen LogP contribution in [0.1, 0.15) is 17.0 Å². The van der Waals surface area contributed by atoms with Crippen LogP contribution in [0.25, 0.3) is 5.13 Å². The zero-order valence-corrected chi connectivity index (χ0v) is 9.21. The standard InChI is InChI=1S/C10H9N3O2S/c14-8-4-5-13(9(15)12-8)10-11-6-2-1-3-7(6)16-10/h4-5H,1-3H2,(H,12,14,15). The van der Waals surface area contributed by atoms with Gasteiger partial charge in [0, 0.05) is 17.1 Å². The first-order chi connectivity index (χ1) is 7.74. The van der Waals surface area contributed by atoms with Crippen molar-refractivity contribution in [3.63, 3.8) is 0 Å². The maximum absolute atomic E-state index is 11.5. The number of hydrogen-bond acceptors (Lipinski definition) is 4. The molecule has 0 fully saturated rings. The third-order valence-electron chi connectivity index (χ3n) is 2.61. The lowest BCUT2D eigenvalue weighted by molar-refractivity contribution is 0.861. The van der Waals surface area contributed by atoms with Crippen molar-refractivity contribution in [3.05, 3.63) is 43.7 Å². The average molecular weight is 235 g/mol. The number of thiazole rings is 1. The fraction of sp³-hybridized carbons (Fsp3) is 0.300. The Hall–Kier alpha value is -1.69. The number of aromatic amines is 1. The van der Waals surface area contributed by atoms with Crippen LogP contribution in [0.4, 0.5) is 0 Å². The van der Waals surface area contributed by atoms with Crippen molar-refractivity contribution in [1.82, 2.24) is 14.5 Å². The van der Waals surface area contributed by atoms with Crippen LogP contribution >= 0.6 is 11.3 Å². The number of hydrogen-bond donors (Lipinski definition) is 1. The number of aryl methyl sites for hydroxylation is 2. The normalized spacial score (nSPS) is 14.0.